The van der Waals surface area contributed by atoms with Crippen molar-refractivity contribution in [3.05, 3.63) is 68.9 Å². The zero-order valence-corrected chi connectivity index (χ0v) is 11.4. The molecule has 2 rings (SSSR count). The summed E-state index contributed by atoms with van der Waals surface area (Å²) >= 11 is 2.81. The van der Waals surface area contributed by atoms with Gasteiger partial charge in [0.05, 0.1) is 15.6 Å². The Balaban J connectivity index is 2.56. The third kappa shape index (κ3) is 2.71. The van der Waals surface area contributed by atoms with Crippen molar-refractivity contribution in [2.24, 2.45) is 0 Å². The lowest BCUT2D eigenvalue weighted by Gasteiger charge is -2.06. The fourth-order valence-corrected chi connectivity index (χ4v) is 1.97. The summed E-state index contributed by atoms with van der Waals surface area (Å²) in [5, 5.41) is 0. The standard InChI is InChI=1S/C14H8BrF3O/c1-7-2-3-11(16)8(4-7)14(19)9-5-13(18)10(15)6-12(9)17/h2-6H,1H3. The number of carbonyl (C=O) groups is 1. The van der Waals surface area contributed by atoms with Gasteiger partial charge in [-0.2, -0.15) is 0 Å². The summed E-state index contributed by atoms with van der Waals surface area (Å²) in [7, 11) is 0. The van der Waals surface area contributed by atoms with Crippen LogP contribution in [0.5, 0.6) is 0 Å². The second-order valence-electron chi connectivity index (χ2n) is 4.06. The average molecular weight is 329 g/mol. The van der Waals surface area contributed by atoms with E-state index in [0.717, 1.165) is 18.2 Å². The van der Waals surface area contributed by atoms with Crippen molar-refractivity contribution in [2.75, 3.05) is 0 Å². The quantitative estimate of drug-likeness (QED) is 0.589. The number of benzene rings is 2. The molecule has 5 heteroatoms. The molecule has 0 spiro atoms. The fourth-order valence-electron chi connectivity index (χ4n) is 1.65. The molecular formula is C14H8BrF3O. The number of hydrogen-bond donors (Lipinski definition) is 0. The molecule has 0 amide bonds. The van der Waals surface area contributed by atoms with Gasteiger partial charge in [-0.3, -0.25) is 4.79 Å². The zero-order chi connectivity index (χ0) is 14.2. The van der Waals surface area contributed by atoms with E-state index in [2.05, 4.69) is 15.9 Å². The highest BCUT2D eigenvalue weighted by Gasteiger charge is 2.19. The molecule has 0 aromatic heterocycles. The minimum atomic E-state index is -0.904. The molecule has 0 N–H and O–H groups in total. The number of ketones is 1. The number of hydrogen-bond acceptors (Lipinski definition) is 1. The normalized spacial score (nSPS) is 10.6. The van der Waals surface area contributed by atoms with Gasteiger partial charge in [0, 0.05) is 0 Å². The molecule has 19 heavy (non-hydrogen) atoms. The summed E-state index contributed by atoms with van der Waals surface area (Å²) in [5.74, 6) is -3.33. The van der Waals surface area contributed by atoms with Crippen LogP contribution < -0.4 is 0 Å². The van der Waals surface area contributed by atoms with Gasteiger partial charge >= 0.3 is 0 Å². The predicted molar refractivity (Wildman–Crippen MR) is 68.6 cm³/mol. The summed E-state index contributed by atoms with van der Waals surface area (Å²) in [6.45, 7) is 1.68. The fraction of sp³-hybridized carbons (Fsp3) is 0.0714. The Morgan fingerprint density at radius 2 is 1.58 bits per heavy atom. The van der Waals surface area contributed by atoms with Gasteiger partial charge in [0.1, 0.15) is 17.5 Å². The zero-order valence-electron chi connectivity index (χ0n) is 9.81. The molecule has 0 fully saturated rings. The van der Waals surface area contributed by atoms with Gasteiger partial charge in [0.15, 0.2) is 5.78 Å². The molecule has 0 saturated heterocycles. The molecule has 0 atom stereocenters. The maximum Gasteiger partial charge on any atom is 0.199 e. The van der Waals surface area contributed by atoms with E-state index in [1.54, 1.807) is 6.92 Å². The van der Waals surface area contributed by atoms with Gasteiger partial charge in [-0.05, 0) is 47.1 Å². The van der Waals surface area contributed by atoms with Crippen molar-refractivity contribution < 1.29 is 18.0 Å². The molecule has 2 aromatic rings. The SMILES string of the molecule is Cc1ccc(F)c(C(=O)c2cc(F)c(Br)cc2F)c1. The van der Waals surface area contributed by atoms with E-state index >= 15 is 0 Å². The summed E-state index contributed by atoms with van der Waals surface area (Å²) in [6, 6.07) is 5.51. The maximum absolute atomic E-state index is 13.7. The molecule has 0 heterocycles. The van der Waals surface area contributed by atoms with Gasteiger partial charge in [0.2, 0.25) is 0 Å². The minimum Gasteiger partial charge on any atom is -0.288 e. The van der Waals surface area contributed by atoms with Gasteiger partial charge in [-0.1, -0.05) is 11.6 Å². The monoisotopic (exact) mass is 328 g/mol. The summed E-state index contributed by atoms with van der Waals surface area (Å²) in [5.41, 5.74) is -0.117. The van der Waals surface area contributed by atoms with E-state index in [4.69, 9.17) is 0 Å². The van der Waals surface area contributed by atoms with Crippen molar-refractivity contribution >= 4 is 21.7 Å². The maximum atomic E-state index is 13.7. The van der Waals surface area contributed by atoms with Crippen LogP contribution in [0.25, 0.3) is 0 Å². The Labute approximate surface area is 116 Å². The second kappa shape index (κ2) is 5.17. The first-order valence-electron chi connectivity index (χ1n) is 5.35. The van der Waals surface area contributed by atoms with Crippen LogP contribution in [0.15, 0.2) is 34.8 Å². The van der Waals surface area contributed by atoms with Gasteiger partial charge < -0.3 is 0 Å². The number of rotatable bonds is 2. The van der Waals surface area contributed by atoms with Gasteiger partial charge in [-0.25, -0.2) is 13.2 Å². The molecule has 0 saturated carbocycles. The van der Waals surface area contributed by atoms with E-state index in [9.17, 15) is 18.0 Å². The van der Waals surface area contributed by atoms with E-state index in [1.807, 2.05) is 0 Å². The average Bonchev–Trinajstić information content (AvgIpc) is 2.36. The molecular weight excluding hydrogens is 321 g/mol. The van der Waals surface area contributed by atoms with Crippen LogP contribution in [-0.4, -0.2) is 5.78 Å². The Morgan fingerprint density at radius 3 is 2.26 bits per heavy atom. The lowest BCUT2D eigenvalue weighted by molar-refractivity contribution is 0.103. The lowest BCUT2D eigenvalue weighted by Crippen LogP contribution is -2.08. The molecule has 0 aliphatic carbocycles. The van der Waals surface area contributed by atoms with Crippen LogP contribution >= 0.6 is 15.9 Å². The molecule has 0 bridgehead atoms. The van der Waals surface area contributed by atoms with Crippen LogP contribution in [-0.2, 0) is 0 Å². The molecule has 98 valence electrons. The van der Waals surface area contributed by atoms with Crippen LogP contribution in [0.2, 0.25) is 0 Å². The first-order chi connectivity index (χ1) is 8.90. The highest BCUT2D eigenvalue weighted by atomic mass is 79.9. The Kier molecular flexibility index (Phi) is 3.75. The largest absolute Gasteiger partial charge is 0.288 e. The highest BCUT2D eigenvalue weighted by molar-refractivity contribution is 9.10. The number of carbonyl (C=O) groups excluding carboxylic acids is 1. The van der Waals surface area contributed by atoms with Crippen LogP contribution in [0, 0.1) is 24.4 Å². The summed E-state index contributed by atoms with van der Waals surface area (Å²) in [6.07, 6.45) is 0. The number of aryl methyl sites for hydroxylation is 1. The Bertz CT molecular complexity index is 668. The number of halogens is 4. The first-order valence-corrected chi connectivity index (χ1v) is 6.15. The first kappa shape index (κ1) is 13.8. The second-order valence-corrected chi connectivity index (χ2v) is 4.91. The highest BCUT2D eigenvalue weighted by Crippen LogP contribution is 2.23. The molecule has 0 aliphatic rings. The Hall–Kier alpha value is -1.62. The molecule has 0 radical (unpaired) electrons. The Morgan fingerprint density at radius 1 is 0.947 bits per heavy atom. The van der Waals surface area contributed by atoms with E-state index in [0.29, 0.717) is 5.56 Å². The smallest absolute Gasteiger partial charge is 0.199 e. The molecule has 2 aromatic carbocycles. The van der Waals surface area contributed by atoms with E-state index in [-0.39, 0.29) is 10.0 Å². The van der Waals surface area contributed by atoms with Gasteiger partial charge in [0.25, 0.3) is 0 Å². The van der Waals surface area contributed by atoms with Crippen molar-refractivity contribution in [1.82, 2.24) is 0 Å². The van der Waals surface area contributed by atoms with Crippen LogP contribution in [0.3, 0.4) is 0 Å². The molecule has 0 unspecified atom stereocenters. The third-order valence-electron chi connectivity index (χ3n) is 2.62. The van der Waals surface area contributed by atoms with Crippen molar-refractivity contribution in [3.63, 3.8) is 0 Å². The topological polar surface area (TPSA) is 17.1 Å². The molecule has 1 nitrogen and oxygen atoms in total. The van der Waals surface area contributed by atoms with E-state index < -0.39 is 28.8 Å². The third-order valence-corrected chi connectivity index (χ3v) is 3.23. The van der Waals surface area contributed by atoms with Crippen LogP contribution in [0.4, 0.5) is 13.2 Å². The van der Waals surface area contributed by atoms with Crippen molar-refractivity contribution in [3.8, 4) is 0 Å². The molecule has 0 aliphatic heterocycles. The summed E-state index contributed by atoms with van der Waals surface area (Å²) < 4.78 is 40.5. The van der Waals surface area contributed by atoms with E-state index in [1.165, 1.54) is 12.1 Å². The van der Waals surface area contributed by atoms with Gasteiger partial charge in [-0.15, -0.1) is 0 Å². The van der Waals surface area contributed by atoms with Crippen molar-refractivity contribution in [2.45, 2.75) is 6.92 Å². The van der Waals surface area contributed by atoms with Crippen LogP contribution in [0.1, 0.15) is 21.5 Å². The predicted octanol–water partition coefficient (Wildman–Crippen LogP) is 4.41. The minimum absolute atomic E-state index is 0.0914. The summed E-state index contributed by atoms with van der Waals surface area (Å²) in [4.78, 5) is 12.0. The van der Waals surface area contributed by atoms with Crippen molar-refractivity contribution in [1.29, 1.82) is 0 Å². The lowest BCUT2D eigenvalue weighted by atomic mass is 10.0.